The van der Waals surface area contributed by atoms with Crippen LogP contribution in [0, 0.1) is 5.82 Å². The molecule has 2 saturated heterocycles. The van der Waals surface area contributed by atoms with Gasteiger partial charge in [0.25, 0.3) is 5.56 Å². The maximum atomic E-state index is 15.5. The number of fused-ring (bicyclic) bond motifs is 3. The highest BCUT2D eigenvalue weighted by Gasteiger charge is 2.43. The van der Waals surface area contributed by atoms with E-state index in [0.717, 1.165) is 16.9 Å². The van der Waals surface area contributed by atoms with E-state index in [4.69, 9.17) is 21.1 Å². The van der Waals surface area contributed by atoms with Crippen LogP contribution in [0.1, 0.15) is 31.7 Å². The summed E-state index contributed by atoms with van der Waals surface area (Å²) in [5.74, 6) is -0.346. The van der Waals surface area contributed by atoms with E-state index in [2.05, 4.69) is 15.3 Å². The van der Waals surface area contributed by atoms with Gasteiger partial charge in [-0.25, -0.2) is 14.4 Å². The molecule has 11 heteroatoms. The normalized spacial score (nSPS) is 25.1. The molecule has 0 unspecified atom stereocenters. The van der Waals surface area contributed by atoms with E-state index in [9.17, 15) is 9.90 Å². The average molecular weight is 481 g/mol. The minimum Gasteiger partial charge on any atom is -0.386 e. The fourth-order valence-corrected chi connectivity index (χ4v) is 5.74. The van der Waals surface area contributed by atoms with E-state index in [1.54, 1.807) is 13.2 Å². The SMILES string of the molecule is CC(C)c1cn(C)c(=O)c2c(F)c(-c3nc(N[C@@H]4C[C@H]5CO[C@H](O5)[C@H]4O)ncc3Cl)sc12. The summed E-state index contributed by atoms with van der Waals surface area (Å²) in [4.78, 5) is 21.5. The van der Waals surface area contributed by atoms with Crippen LogP contribution in [-0.2, 0) is 16.5 Å². The number of nitrogens with one attached hydrogen (secondary N) is 1. The molecule has 0 aromatic carbocycles. The molecule has 5 rings (SSSR count). The van der Waals surface area contributed by atoms with Gasteiger partial charge >= 0.3 is 0 Å². The number of hydrogen-bond donors (Lipinski definition) is 2. The number of aliphatic hydroxyl groups is 1. The Morgan fingerprint density at radius 2 is 2.22 bits per heavy atom. The van der Waals surface area contributed by atoms with Gasteiger partial charge < -0.3 is 24.5 Å². The molecule has 2 fully saturated rings. The number of thiophene rings is 1. The van der Waals surface area contributed by atoms with Gasteiger partial charge in [-0.15, -0.1) is 11.3 Å². The molecule has 2 N–H and O–H groups in total. The Labute approximate surface area is 192 Å². The third kappa shape index (κ3) is 3.50. The zero-order valence-electron chi connectivity index (χ0n) is 17.6. The first kappa shape index (κ1) is 21.7. The molecule has 2 aliphatic heterocycles. The van der Waals surface area contributed by atoms with Gasteiger partial charge in [0.1, 0.15) is 11.8 Å². The molecule has 0 amide bonds. The predicted octanol–water partition coefficient (Wildman–Crippen LogP) is 3.26. The Morgan fingerprint density at radius 1 is 1.44 bits per heavy atom. The van der Waals surface area contributed by atoms with Crippen LogP contribution in [0.5, 0.6) is 0 Å². The fourth-order valence-electron chi connectivity index (χ4n) is 4.16. The summed E-state index contributed by atoms with van der Waals surface area (Å²) < 4.78 is 28.5. The molecule has 0 saturated carbocycles. The first-order valence-electron chi connectivity index (χ1n) is 10.3. The van der Waals surface area contributed by atoms with Crippen molar-refractivity contribution in [2.24, 2.45) is 7.05 Å². The lowest BCUT2D eigenvalue weighted by molar-refractivity contribution is -0.156. The molecule has 4 atom stereocenters. The van der Waals surface area contributed by atoms with Crippen molar-refractivity contribution in [1.82, 2.24) is 14.5 Å². The molecule has 0 radical (unpaired) electrons. The fraction of sp³-hybridized carbons (Fsp3) is 0.476. The monoisotopic (exact) mass is 480 g/mol. The Hall–Kier alpha value is -2.11. The number of aromatic nitrogens is 3. The number of anilines is 1. The smallest absolute Gasteiger partial charge is 0.262 e. The Bertz CT molecular complexity index is 1260. The minimum absolute atomic E-state index is 0.0384. The summed E-state index contributed by atoms with van der Waals surface area (Å²) in [6, 6.07) is -0.387. The number of pyridine rings is 1. The van der Waals surface area contributed by atoms with Crippen molar-refractivity contribution < 1.29 is 19.0 Å². The lowest BCUT2D eigenvalue weighted by Gasteiger charge is -2.32. The second-order valence-corrected chi connectivity index (χ2v) is 9.86. The highest BCUT2D eigenvalue weighted by atomic mass is 35.5. The van der Waals surface area contributed by atoms with Crippen molar-refractivity contribution in [2.45, 2.75) is 50.7 Å². The van der Waals surface area contributed by atoms with E-state index < -0.39 is 23.8 Å². The van der Waals surface area contributed by atoms with Crippen LogP contribution in [-0.4, -0.2) is 50.8 Å². The van der Waals surface area contributed by atoms with E-state index >= 15 is 4.39 Å². The first-order valence-corrected chi connectivity index (χ1v) is 11.5. The van der Waals surface area contributed by atoms with Crippen LogP contribution >= 0.6 is 22.9 Å². The Balaban J connectivity index is 1.57. The van der Waals surface area contributed by atoms with E-state index in [1.807, 2.05) is 13.8 Å². The van der Waals surface area contributed by atoms with Gasteiger partial charge in [-0.05, 0) is 17.9 Å². The van der Waals surface area contributed by atoms with E-state index in [0.29, 0.717) is 17.7 Å². The zero-order valence-corrected chi connectivity index (χ0v) is 19.2. The molecule has 2 bridgehead atoms. The summed E-state index contributed by atoms with van der Waals surface area (Å²) in [5.41, 5.74) is 0.663. The molecular formula is C21H22ClFN4O4S. The van der Waals surface area contributed by atoms with Gasteiger partial charge in [-0.1, -0.05) is 25.4 Å². The topological polar surface area (TPSA) is 98.5 Å². The molecule has 3 aromatic heterocycles. The van der Waals surface area contributed by atoms with E-state index in [1.165, 1.54) is 10.8 Å². The molecular weight excluding hydrogens is 459 g/mol. The summed E-state index contributed by atoms with van der Waals surface area (Å²) in [6.45, 7) is 4.41. The Morgan fingerprint density at radius 3 is 2.97 bits per heavy atom. The number of rotatable bonds is 4. The van der Waals surface area contributed by atoms with Gasteiger partial charge in [-0.3, -0.25) is 4.79 Å². The number of aryl methyl sites for hydroxylation is 1. The van der Waals surface area contributed by atoms with Crippen molar-refractivity contribution in [3.05, 3.63) is 39.2 Å². The van der Waals surface area contributed by atoms with Crippen LogP contribution in [0.4, 0.5) is 10.3 Å². The second-order valence-electron chi connectivity index (χ2n) is 8.43. The maximum absolute atomic E-state index is 15.5. The van der Waals surface area contributed by atoms with Gasteiger partial charge in [0.2, 0.25) is 5.95 Å². The summed E-state index contributed by atoms with van der Waals surface area (Å²) in [5, 5.41) is 13.7. The molecule has 0 aliphatic carbocycles. The summed E-state index contributed by atoms with van der Waals surface area (Å²) >= 11 is 7.50. The zero-order chi connectivity index (χ0) is 22.7. The number of nitrogens with zero attached hydrogens (tertiary/aromatic N) is 3. The van der Waals surface area contributed by atoms with Crippen molar-refractivity contribution in [3.8, 4) is 10.6 Å². The molecule has 3 aromatic rings. The van der Waals surface area contributed by atoms with Crippen molar-refractivity contribution in [3.63, 3.8) is 0 Å². The van der Waals surface area contributed by atoms with Crippen molar-refractivity contribution in [2.75, 3.05) is 11.9 Å². The standard InChI is InChI=1S/C21H22ClFN4O4S/c1-8(2)10-6-27(3)19(29)13-14(23)18(32-17(10)13)15-11(22)5-24-21(26-15)25-12-4-9-7-30-20(31-9)16(12)28/h5-6,8-9,12,16,20,28H,4,7H2,1-3H3,(H,24,25,26)/t9-,12+,16-,20+/m0/s1. The minimum atomic E-state index is -0.894. The molecule has 32 heavy (non-hydrogen) atoms. The van der Waals surface area contributed by atoms with Crippen LogP contribution in [0.3, 0.4) is 0 Å². The molecule has 8 nitrogen and oxygen atoms in total. The van der Waals surface area contributed by atoms with Crippen molar-refractivity contribution >= 4 is 39.0 Å². The third-order valence-electron chi connectivity index (χ3n) is 5.86. The summed E-state index contributed by atoms with van der Waals surface area (Å²) in [7, 11) is 1.61. The Kier molecular flexibility index (Phi) is 5.45. The van der Waals surface area contributed by atoms with Gasteiger partial charge in [-0.2, -0.15) is 0 Å². The quantitative estimate of drug-likeness (QED) is 0.591. The van der Waals surface area contributed by atoms with Crippen LogP contribution < -0.4 is 10.9 Å². The average Bonchev–Trinajstić information content (AvgIpc) is 3.32. The van der Waals surface area contributed by atoms with Crippen LogP contribution in [0.15, 0.2) is 17.2 Å². The predicted molar refractivity (Wildman–Crippen MR) is 120 cm³/mol. The maximum Gasteiger partial charge on any atom is 0.262 e. The van der Waals surface area contributed by atoms with Gasteiger partial charge in [0.15, 0.2) is 12.1 Å². The number of hydrogen-bond acceptors (Lipinski definition) is 8. The third-order valence-corrected chi connectivity index (χ3v) is 7.35. The molecule has 0 spiro atoms. The second kappa shape index (κ2) is 8.03. The van der Waals surface area contributed by atoms with Gasteiger partial charge in [0.05, 0.1) is 40.2 Å². The van der Waals surface area contributed by atoms with Crippen LogP contribution in [0.25, 0.3) is 20.7 Å². The highest BCUT2D eigenvalue weighted by Crippen LogP contribution is 2.41. The lowest BCUT2D eigenvalue weighted by atomic mass is 10.0. The van der Waals surface area contributed by atoms with Gasteiger partial charge in [0, 0.05) is 17.9 Å². The van der Waals surface area contributed by atoms with Crippen molar-refractivity contribution in [1.29, 1.82) is 0 Å². The number of aliphatic hydroxyl groups excluding tert-OH is 1. The molecule has 5 heterocycles. The highest BCUT2D eigenvalue weighted by molar-refractivity contribution is 7.22. The molecule has 2 aliphatic rings. The van der Waals surface area contributed by atoms with E-state index in [-0.39, 0.29) is 45.0 Å². The largest absolute Gasteiger partial charge is 0.386 e. The summed E-state index contributed by atoms with van der Waals surface area (Å²) in [6.07, 6.45) is 1.95. The lowest BCUT2D eigenvalue weighted by Crippen LogP contribution is -2.48. The van der Waals surface area contributed by atoms with Crippen LogP contribution in [0.2, 0.25) is 5.02 Å². The molecule has 170 valence electrons. The number of ether oxygens (including phenoxy) is 2. The first-order chi connectivity index (χ1) is 15.2. The number of halogens is 2.